The highest BCUT2D eigenvalue weighted by molar-refractivity contribution is 5.98. The van der Waals surface area contributed by atoms with E-state index in [9.17, 15) is 14.4 Å². The van der Waals surface area contributed by atoms with Crippen molar-refractivity contribution in [3.05, 3.63) is 29.8 Å². The largest absolute Gasteiger partial charge is 0.481 e. The molecule has 0 unspecified atom stereocenters. The van der Waals surface area contributed by atoms with Crippen LogP contribution < -0.4 is 10.6 Å². The predicted octanol–water partition coefficient (Wildman–Crippen LogP) is 0.634. The van der Waals surface area contributed by atoms with Crippen molar-refractivity contribution in [2.45, 2.75) is 12.8 Å². The zero-order chi connectivity index (χ0) is 14.7. The topological polar surface area (TPSA) is 95.5 Å². The second-order valence-corrected chi connectivity index (χ2v) is 4.82. The first-order chi connectivity index (χ1) is 9.51. The average molecular weight is 276 g/mol. The number of amides is 2. The van der Waals surface area contributed by atoms with Crippen LogP contribution in [0.4, 0.5) is 5.69 Å². The van der Waals surface area contributed by atoms with Crippen LogP contribution >= 0.6 is 0 Å². The number of anilines is 1. The normalized spacial score (nSPS) is 20.1. The quantitative estimate of drug-likeness (QED) is 0.735. The summed E-state index contributed by atoms with van der Waals surface area (Å²) in [6.45, 7) is 0. The maximum Gasteiger partial charge on any atom is 0.307 e. The fourth-order valence-corrected chi connectivity index (χ4v) is 1.97. The Morgan fingerprint density at radius 2 is 1.85 bits per heavy atom. The lowest BCUT2D eigenvalue weighted by Gasteiger charge is -2.06. The number of hydrogen-bond donors (Lipinski definition) is 3. The Morgan fingerprint density at radius 1 is 1.20 bits per heavy atom. The van der Waals surface area contributed by atoms with E-state index in [-0.39, 0.29) is 18.2 Å². The summed E-state index contributed by atoms with van der Waals surface area (Å²) in [5, 5.41) is 14.0. The van der Waals surface area contributed by atoms with E-state index in [0.29, 0.717) is 12.1 Å². The molecule has 6 nitrogen and oxygen atoms in total. The Labute approximate surface area is 116 Å². The molecule has 2 atom stereocenters. The van der Waals surface area contributed by atoms with Crippen molar-refractivity contribution in [3.63, 3.8) is 0 Å². The van der Waals surface area contributed by atoms with Gasteiger partial charge in [0.1, 0.15) is 0 Å². The zero-order valence-electron chi connectivity index (χ0n) is 11.1. The summed E-state index contributed by atoms with van der Waals surface area (Å²) < 4.78 is 0. The summed E-state index contributed by atoms with van der Waals surface area (Å²) in [6.07, 6.45) is 0.685. The number of carboxylic acids is 1. The fraction of sp³-hybridized carbons (Fsp3) is 0.357. The van der Waals surface area contributed by atoms with Crippen molar-refractivity contribution in [1.29, 1.82) is 0 Å². The maximum absolute atomic E-state index is 11.8. The Kier molecular flexibility index (Phi) is 4.02. The van der Waals surface area contributed by atoms with Crippen molar-refractivity contribution < 1.29 is 19.5 Å². The molecule has 0 aliphatic heterocycles. The van der Waals surface area contributed by atoms with Gasteiger partial charge >= 0.3 is 5.97 Å². The number of likely N-dealkylation sites (N-methyl/N-ethyl adjacent to an activating group) is 1. The summed E-state index contributed by atoms with van der Waals surface area (Å²) >= 11 is 0. The molecule has 1 fully saturated rings. The number of carboxylic acid groups (broad SMARTS) is 1. The fourth-order valence-electron chi connectivity index (χ4n) is 1.97. The first-order valence-corrected chi connectivity index (χ1v) is 6.34. The second kappa shape index (κ2) is 5.73. The van der Waals surface area contributed by atoms with Crippen LogP contribution in [0.5, 0.6) is 0 Å². The summed E-state index contributed by atoms with van der Waals surface area (Å²) in [6, 6.07) is 6.92. The Bertz CT molecular complexity index is 539. The molecule has 2 amide bonds. The molecular weight excluding hydrogens is 260 g/mol. The molecule has 0 spiro atoms. The van der Waals surface area contributed by atoms with Gasteiger partial charge in [-0.25, -0.2) is 0 Å². The molecule has 6 heteroatoms. The molecule has 1 saturated carbocycles. The SMILES string of the molecule is CNC(=O)Cc1ccc(NC(=O)[C@@H]2C[C@@H]2C(=O)O)cc1. The van der Waals surface area contributed by atoms with Gasteiger partial charge in [0, 0.05) is 12.7 Å². The first-order valence-electron chi connectivity index (χ1n) is 6.34. The molecule has 20 heavy (non-hydrogen) atoms. The molecule has 1 aromatic rings. The molecule has 2 rings (SSSR count). The monoisotopic (exact) mass is 276 g/mol. The van der Waals surface area contributed by atoms with E-state index in [0.717, 1.165) is 5.56 Å². The Hall–Kier alpha value is -2.37. The van der Waals surface area contributed by atoms with E-state index in [2.05, 4.69) is 10.6 Å². The standard InChI is InChI=1S/C14H16N2O4/c1-15-12(17)6-8-2-4-9(5-3-8)16-13(18)10-7-11(10)14(19)20/h2-5,10-11H,6-7H2,1H3,(H,15,17)(H,16,18)(H,19,20)/t10-,11+/m1/s1. The van der Waals surface area contributed by atoms with E-state index in [1.54, 1.807) is 31.3 Å². The Morgan fingerprint density at radius 3 is 2.35 bits per heavy atom. The minimum Gasteiger partial charge on any atom is -0.481 e. The molecule has 0 heterocycles. The highest BCUT2D eigenvalue weighted by Gasteiger charge is 2.48. The number of nitrogens with one attached hydrogen (secondary N) is 2. The minimum absolute atomic E-state index is 0.0796. The molecule has 0 bridgehead atoms. The summed E-state index contributed by atoms with van der Waals surface area (Å²) in [4.78, 5) is 33.7. The molecule has 106 valence electrons. The predicted molar refractivity (Wildman–Crippen MR) is 72.1 cm³/mol. The van der Waals surface area contributed by atoms with Crippen LogP contribution in [0.15, 0.2) is 24.3 Å². The number of rotatable bonds is 5. The van der Waals surface area contributed by atoms with Crippen LogP contribution in [0.1, 0.15) is 12.0 Å². The molecule has 1 aliphatic rings. The van der Waals surface area contributed by atoms with Crippen molar-refractivity contribution in [2.24, 2.45) is 11.8 Å². The lowest BCUT2D eigenvalue weighted by Crippen LogP contribution is -2.20. The third kappa shape index (κ3) is 3.34. The van der Waals surface area contributed by atoms with Crippen molar-refractivity contribution in [2.75, 3.05) is 12.4 Å². The van der Waals surface area contributed by atoms with Crippen LogP contribution in [-0.2, 0) is 20.8 Å². The van der Waals surface area contributed by atoms with E-state index in [1.165, 1.54) is 0 Å². The van der Waals surface area contributed by atoms with Gasteiger partial charge in [-0.15, -0.1) is 0 Å². The number of carbonyl (C=O) groups excluding carboxylic acids is 2. The lowest BCUT2D eigenvalue weighted by molar-refractivity contribution is -0.139. The van der Waals surface area contributed by atoms with Gasteiger partial charge in [0.15, 0.2) is 0 Å². The van der Waals surface area contributed by atoms with Crippen molar-refractivity contribution in [3.8, 4) is 0 Å². The smallest absolute Gasteiger partial charge is 0.307 e. The van der Waals surface area contributed by atoms with E-state index in [1.807, 2.05) is 0 Å². The zero-order valence-corrected chi connectivity index (χ0v) is 11.1. The van der Waals surface area contributed by atoms with Gasteiger partial charge in [-0.05, 0) is 24.1 Å². The van der Waals surface area contributed by atoms with E-state index >= 15 is 0 Å². The van der Waals surface area contributed by atoms with Gasteiger partial charge < -0.3 is 15.7 Å². The highest BCUT2D eigenvalue weighted by Crippen LogP contribution is 2.39. The third-order valence-electron chi connectivity index (χ3n) is 3.31. The van der Waals surface area contributed by atoms with Crippen molar-refractivity contribution >= 4 is 23.5 Å². The van der Waals surface area contributed by atoms with E-state index < -0.39 is 17.8 Å². The van der Waals surface area contributed by atoms with Gasteiger partial charge in [0.25, 0.3) is 0 Å². The van der Waals surface area contributed by atoms with Crippen LogP contribution in [0.25, 0.3) is 0 Å². The molecule has 1 aromatic carbocycles. The van der Waals surface area contributed by atoms with Gasteiger partial charge in [-0.2, -0.15) is 0 Å². The minimum atomic E-state index is -0.925. The molecule has 0 radical (unpaired) electrons. The van der Waals surface area contributed by atoms with Crippen LogP contribution in [0, 0.1) is 11.8 Å². The van der Waals surface area contributed by atoms with Crippen LogP contribution in [0.3, 0.4) is 0 Å². The molecule has 1 aliphatic carbocycles. The first kappa shape index (κ1) is 14.0. The average Bonchev–Trinajstić information content (AvgIpc) is 3.21. The van der Waals surface area contributed by atoms with Crippen LogP contribution in [0.2, 0.25) is 0 Å². The van der Waals surface area contributed by atoms with Gasteiger partial charge in [-0.1, -0.05) is 12.1 Å². The molecule has 0 aromatic heterocycles. The number of hydrogen-bond acceptors (Lipinski definition) is 3. The third-order valence-corrected chi connectivity index (χ3v) is 3.31. The maximum atomic E-state index is 11.8. The van der Waals surface area contributed by atoms with E-state index in [4.69, 9.17) is 5.11 Å². The summed E-state index contributed by atoms with van der Waals surface area (Å²) in [5.41, 5.74) is 1.45. The lowest BCUT2D eigenvalue weighted by atomic mass is 10.1. The number of benzene rings is 1. The molecule has 0 saturated heterocycles. The highest BCUT2D eigenvalue weighted by atomic mass is 16.4. The summed E-state index contributed by atoms with van der Waals surface area (Å²) in [5.74, 6) is -2.26. The number of carbonyl (C=O) groups is 3. The van der Waals surface area contributed by atoms with Gasteiger partial charge in [0.2, 0.25) is 11.8 Å². The Balaban J connectivity index is 1.89. The van der Waals surface area contributed by atoms with Crippen molar-refractivity contribution in [1.82, 2.24) is 5.32 Å². The molecule has 3 N–H and O–H groups in total. The second-order valence-electron chi connectivity index (χ2n) is 4.82. The summed E-state index contributed by atoms with van der Waals surface area (Å²) in [7, 11) is 1.57. The van der Waals surface area contributed by atoms with Crippen LogP contribution in [-0.4, -0.2) is 29.9 Å². The molecular formula is C14H16N2O4. The van der Waals surface area contributed by atoms with Gasteiger partial charge in [-0.3, -0.25) is 14.4 Å². The van der Waals surface area contributed by atoms with Gasteiger partial charge in [0.05, 0.1) is 18.3 Å². The number of aliphatic carboxylic acids is 1.